The summed E-state index contributed by atoms with van der Waals surface area (Å²) in [7, 11) is 0. The minimum absolute atomic E-state index is 0.0293. The third-order valence-corrected chi connectivity index (χ3v) is 3.07. The lowest BCUT2D eigenvalue weighted by Gasteiger charge is -2.17. The molecule has 0 amide bonds. The van der Waals surface area contributed by atoms with Gasteiger partial charge in [-0.1, -0.05) is 0 Å². The molecule has 100 valence electrons. The van der Waals surface area contributed by atoms with Crippen LogP contribution in [0.5, 0.6) is 0 Å². The van der Waals surface area contributed by atoms with E-state index in [1.165, 1.54) is 0 Å². The van der Waals surface area contributed by atoms with E-state index in [1.54, 1.807) is 6.92 Å². The molecular weight excluding hydrogens is 222 g/mol. The van der Waals surface area contributed by atoms with Crippen LogP contribution in [0, 0.1) is 5.92 Å². The summed E-state index contributed by atoms with van der Waals surface area (Å²) < 4.78 is 9.98. The van der Waals surface area contributed by atoms with Gasteiger partial charge in [0.05, 0.1) is 19.3 Å². The minimum atomic E-state index is -0.309. The summed E-state index contributed by atoms with van der Waals surface area (Å²) in [5, 5.41) is 9.45. The van der Waals surface area contributed by atoms with Gasteiger partial charge in [0.1, 0.15) is 6.61 Å². The Kier molecular flexibility index (Phi) is 6.47. The van der Waals surface area contributed by atoms with Crippen molar-refractivity contribution in [1.82, 2.24) is 4.90 Å². The van der Waals surface area contributed by atoms with E-state index in [9.17, 15) is 9.90 Å². The molecule has 1 N–H and O–H groups in total. The Morgan fingerprint density at radius 3 is 2.94 bits per heavy atom. The zero-order valence-electron chi connectivity index (χ0n) is 10.7. The van der Waals surface area contributed by atoms with Crippen molar-refractivity contribution in [3.8, 4) is 0 Å². The van der Waals surface area contributed by atoms with Gasteiger partial charge in [-0.25, -0.2) is 4.79 Å². The highest BCUT2D eigenvalue weighted by atomic mass is 16.6. The Bertz CT molecular complexity index is 233. The second-order valence-electron chi connectivity index (χ2n) is 4.45. The van der Waals surface area contributed by atoms with Crippen molar-refractivity contribution < 1.29 is 19.4 Å². The number of aliphatic hydroxyl groups excluding tert-OH is 1. The molecule has 0 bridgehead atoms. The standard InChI is InChI=1S/C12H23NO4/c1-3-17-12(15)9-16-7-6-13-5-4-11(8-13)10(2)14/h10-11,14H,3-9H2,1-2H3. The maximum Gasteiger partial charge on any atom is 0.332 e. The number of esters is 1. The van der Waals surface area contributed by atoms with Gasteiger partial charge in [-0.15, -0.1) is 0 Å². The summed E-state index contributed by atoms with van der Waals surface area (Å²) in [5.41, 5.74) is 0. The van der Waals surface area contributed by atoms with Gasteiger partial charge in [-0.05, 0) is 32.7 Å². The van der Waals surface area contributed by atoms with Gasteiger partial charge in [0.15, 0.2) is 0 Å². The smallest absolute Gasteiger partial charge is 0.332 e. The van der Waals surface area contributed by atoms with Crippen LogP contribution in [-0.2, 0) is 14.3 Å². The molecule has 1 aliphatic heterocycles. The molecule has 2 unspecified atom stereocenters. The van der Waals surface area contributed by atoms with Gasteiger partial charge in [0, 0.05) is 13.1 Å². The summed E-state index contributed by atoms with van der Waals surface area (Å²) in [4.78, 5) is 13.2. The van der Waals surface area contributed by atoms with E-state index in [0.717, 1.165) is 26.1 Å². The number of carbonyl (C=O) groups excluding carboxylic acids is 1. The third-order valence-electron chi connectivity index (χ3n) is 3.07. The van der Waals surface area contributed by atoms with Crippen molar-refractivity contribution >= 4 is 5.97 Å². The third kappa shape index (κ3) is 5.48. The number of hydrogen-bond acceptors (Lipinski definition) is 5. The van der Waals surface area contributed by atoms with Crippen LogP contribution >= 0.6 is 0 Å². The van der Waals surface area contributed by atoms with Crippen molar-refractivity contribution in [2.24, 2.45) is 5.92 Å². The van der Waals surface area contributed by atoms with E-state index in [1.807, 2.05) is 6.92 Å². The molecule has 2 atom stereocenters. The summed E-state index contributed by atoms with van der Waals surface area (Å²) in [6.07, 6.45) is 0.802. The number of nitrogens with zero attached hydrogens (tertiary/aromatic N) is 1. The lowest BCUT2D eigenvalue weighted by molar-refractivity contribution is -0.148. The Hall–Kier alpha value is -0.650. The number of aliphatic hydroxyl groups is 1. The van der Waals surface area contributed by atoms with Gasteiger partial charge < -0.3 is 19.5 Å². The quantitative estimate of drug-likeness (QED) is 0.515. The van der Waals surface area contributed by atoms with E-state index in [-0.39, 0.29) is 18.7 Å². The molecule has 5 nitrogen and oxygen atoms in total. The topological polar surface area (TPSA) is 59.0 Å². The number of likely N-dealkylation sites (tertiary alicyclic amines) is 1. The van der Waals surface area contributed by atoms with Crippen LogP contribution in [0.3, 0.4) is 0 Å². The first-order chi connectivity index (χ1) is 8.13. The molecule has 1 heterocycles. The lowest BCUT2D eigenvalue weighted by Crippen LogP contribution is -2.28. The average molecular weight is 245 g/mol. The first-order valence-electron chi connectivity index (χ1n) is 6.27. The lowest BCUT2D eigenvalue weighted by atomic mass is 10.0. The van der Waals surface area contributed by atoms with Crippen LogP contribution < -0.4 is 0 Å². The molecule has 5 heteroatoms. The predicted octanol–water partition coefficient (Wildman–Crippen LogP) is 0.269. The molecule has 0 aliphatic carbocycles. The Morgan fingerprint density at radius 2 is 2.35 bits per heavy atom. The number of rotatable bonds is 7. The number of carbonyl (C=O) groups is 1. The van der Waals surface area contributed by atoms with Crippen molar-refractivity contribution in [2.45, 2.75) is 26.4 Å². The molecule has 0 aromatic heterocycles. The molecule has 0 radical (unpaired) electrons. The first-order valence-corrected chi connectivity index (χ1v) is 6.27. The highest BCUT2D eigenvalue weighted by Gasteiger charge is 2.25. The monoisotopic (exact) mass is 245 g/mol. The molecule has 1 fully saturated rings. The summed E-state index contributed by atoms with van der Waals surface area (Å²) in [6.45, 7) is 7.29. The van der Waals surface area contributed by atoms with E-state index in [4.69, 9.17) is 9.47 Å². The normalized spacial score (nSPS) is 22.6. The molecule has 0 aromatic carbocycles. The molecule has 1 saturated heterocycles. The summed E-state index contributed by atoms with van der Waals surface area (Å²) in [6, 6.07) is 0. The number of hydrogen-bond donors (Lipinski definition) is 1. The second kappa shape index (κ2) is 7.63. The van der Waals surface area contributed by atoms with Gasteiger partial charge in [-0.3, -0.25) is 0 Å². The van der Waals surface area contributed by atoms with E-state index >= 15 is 0 Å². The zero-order chi connectivity index (χ0) is 12.7. The number of ether oxygens (including phenoxy) is 2. The fraction of sp³-hybridized carbons (Fsp3) is 0.917. The van der Waals surface area contributed by atoms with Gasteiger partial charge in [-0.2, -0.15) is 0 Å². The molecule has 1 aliphatic rings. The maximum absolute atomic E-state index is 11.0. The molecule has 17 heavy (non-hydrogen) atoms. The van der Waals surface area contributed by atoms with Crippen LogP contribution in [0.2, 0.25) is 0 Å². The Morgan fingerprint density at radius 1 is 1.59 bits per heavy atom. The second-order valence-corrected chi connectivity index (χ2v) is 4.45. The minimum Gasteiger partial charge on any atom is -0.464 e. The van der Waals surface area contributed by atoms with E-state index in [0.29, 0.717) is 19.1 Å². The molecular formula is C12H23NO4. The van der Waals surface area contributed by atoms with Crippen molar-refractivity contribution in [2.75, 3.05) is 39.5 Å². The SMILES string of the molecule is CCOC(=O)COCCN1CCC(C(C)O)C1. The summed E-state index contributed by atoms with van der Waals surface area (Å²) in [5.74, 6) is 0.0656. The highest BCUT2D eigenvalue weighted by Crippen LogP contribution is 2.18. The van der Waals surface area contributed by atoms with E-state index < -0.39 is 0 Å². The van der Waals surface area contributed by atoms with Gasteiger partial charge >= 0.3 is 5.97 Å². The van der Waals surface area contributed by atoms with Crippen molar-refractivity contribution in [3.63, 3.8) is 0 Å². The van der Waals surface area contributed by atoms with Crippen LogP contribution in [0.25, 0.3) is 0 Å². The fourth-order valence-corrected chi connectivity index (χ4v) is 2.01. The highest BCUT2D eigenvalue weighted by molar-refractivity contribution is 5.70. The first kappa shape index (κ1) is 14.4. The van der Waals surface area contributed by atoms with Crippen LogP contribution in [0.15, 0.2) is 0 Å². The summed E-state index contributed by atoms with van der Waals surface area (Å²) >= 11 is 0. The predicted molar refractivity (Wildman–Crippen MR) is 63.7 cm³/mol. The average Bonchev–Trinajstić information content (AvgIpc) is 2.73. The van der Waals surface area contributed by atoms with Gasteiger partial charge in [0.25, 0.3) is 0 Å². The zero-order valence-corrected chi connectivity index (χ0v) is 10.7. The Balaban J connectivity index is 2.02. The van der Waals surface area contributed by atoms with Crippen molar-refractivity contribution in [1.29, 1.82) is 0 Å². The molecule has 1 rings (SSSR count). The van der Waals surface area contributed by atoms with Crippen LogP contribution in [-0.4, -0.2) is 61.5 Å². The van der Waals surface area contributed by atoms with Crippen molar-refractivity contribution in [3.05, 3.63) is 0 Å². The molecule has 0 aromatic rings. The Labute approximate surface area is 103 Å². The van der Waals surface area contributed by atoms with Crippen LogP contribution in [0.4, 0.5) is 0 Å². The van der Waals surface area contributed by atoms with E-state index in [2.05, 4.69) is 4.90 Å². The maximum atomic E-state index is 11.0. The fourth-order valence-electron chi connectivity index (χ4n) is 2.01. The van der Waals surface area contributed by atoms with Gasteiger partial charge in [0.2, 0.25) is 0 Å². The van der Waals surface area contributed by atoms with Crippen LogP contribution in [0.1, 0.15) is 20.3 Å². The largest absolute Gasteiger partial charge is 0.464 e. The molecule has 0 spiro atoms. The molecule has 0 saturated carbocycles.